The number of carbonyl (C=O) groups is 4. The molecular weight excluding hydrogens is 338 g/mol. The molecule has 1 aliphatic rings. The largest absolute Gasteiger partial charge is 0.482 e. The van der Waals surface area contributed by atoms with Gasteiger partial charge in [0.25, 0.3) is 5.91 Å². The molecule has 1 aliphatic heterocycles. The van der Waals surface area contributed by atoms with Crippen molar-refractivity contribution in [3.8, 4) is 5.75 Å². The van der Waals surface area contributed by atoms with E-state index < -0.39 is 0 Å². The summed E-state index contributed by atoms with van der Waals surface area (Å²) in [4.78, 5) is 48.3. The van der Waals surface area contributed by atoms with Crippen LogP contribution in [0.5, 0.6) is 5.75 Å². The minimum absolute atomic E-state index is 0.0480. The van der Waals surface area contributed by atoms with Gasteiger partial charge in [-0.2, -0.15) is 0 Å². The van der Waals surface area contributed by atoms with Crippen LogP contribution in [0.2, 0.25) is 0 Å². The number of fused-ring (bicyclic) bond motifs is 1. The Morgan fingerprint density at radius 2 is 1.92 bits per heavy atom. The molecule has 0 aromatic heterocycles. The molecule has 8 heteroatoms. The molecule has 0 aliphatic carbocycles. The SMILES string of the molecule is CCC(=O)c1ccc2c(c1)N(CC(=O)NCCCNC(C)=O)C(=O)CO2. The number of rotatable bonds is 8. The van der Waals surface area contributed by atoms with Crippen LogP contribution >= 0.6 is 0 Å². The van der Waals surface area contributed by atoms with Gasteiger partial charge in [-0.05, 0) is 24.6 Å². The topological polar surface area (TPSA) is 105 Å². The number of carbonyl (C=O) groups excluding carboxylic acids is 4. The molecule has 0 fully saturated rings. The lowest BCUT2D eigenvalue weighted by atomic mass is 10.1. The second-order valence-corrected chi connectivity index (χ2v) is 5.91. The van der Waals surface area contributed by atoms with Crippen molar-refractivity contribution in [1.82, 2.24) is 10.6 Å². The molecule has 8 nitrogen and oxygen atoms in total. The first-order valence-electron chi connectivity index (χ1n) is 8.54. The molecule has 0 spiro atoms. The first-order chi connectivity index (χ1) is 12.4. The number of ether oxygens (including phenoxy) is 1. The molecule has 0 atom stereocenters. The molecular formula is C18H23N3O5. The minimum atomic E-state index is -0.341. The molecule has 26 heavy (non-hydrogen) atoms. The lowest BCUT2D eigenvalue weighted by Gasteiger charge is -2.29. The van der Waals surface area contributed by atoms with Crippen molar-refractivity contribution in [3.05, 3.63) is 23.8 Å². The van der Waals surface area contributed by atoms with Crippen LogP contribution in [0, 0.1) is 0 Å². The molecule has 0 bridgehead atoms. The van der Waals surface area contributed by atoms with E-state index in [-0.39, 0.29) is 36.7 Å². The summed E-state index contributed by atoms with van der Waals surface area (Å²) in [5, 5.41) is 5.35. The zero-order chi connectivity index (χ0) is 19.1. The second kappa shape index (κ2) is 8.98. The summed E-state index contributed by atoms with van der Waals surface area (Å²) in [5.41, 5.74) is 0.902. The van der Waals surface area contributed by atoms with Gasteiger partial charge in [0, 0.05) is 32.0 Å². The monoisotopic (exact) mass is 361 g/mol. The highest BCUT2D eigenvalue weighted by Gasteiger charge is 2.28. The standard InChI is InChI=1S/C18H23N3O5/c1-3-15(23)13-5-6-16-14(9-13)21(18(25)11-26-16)10-17(24)20-8-4-7-19-12(2)22/h5-6,9H,3-4,7-8,10-11H2,1-2H3,(H,19,22)(H,20,24). The van der Waals surface area contributed by atoms with E-state index in [0.29, 0.717) is 42.9 Å². The lowest BCUT2D eigenvalue weighted by molar-refractivity contribution is -0.125. The number of nitrogens with zero attached hydrogens (tertiary/aromatic N) is 1. The molecule has 3 amide bonds. The molecule has 0 saturated carbocycles. The Kier molecular flexibility index (Phi) is 6.71. The molecule has 1 aromatic carbocycles. The summed E-state index contributed by atoms with van der Waals surface area (Å²) in [5.74, 6) is -0.360. The predicted octanol–water partition coefficient (Wildman–Crippen LogP) is 0.647. The zero-order valence-corrected chi connectivity index (χ0v) is 15.0. The van der Waals surface area contributed by atoms with Gasteiger partial charge in [0.05, 0.1) is 5.69 Å². The fourth-order valence-electron chi connectivity index (χ4n) is 2.53. The van der Waals surface area contributed by atoms with Crippen LogP contribution in [0.15, 0.2) is 18.2 Å². The van der Waals surface area contributed by atoms with Crippen LogP contribution in [0.4, 0.5) is 5.69 Å². The Morgan fingerprint density at radius 3 is 2.62 bits per heavy atom. The highest BCUT2D eigenvalue weighted by molar-refractivity contribution is 6.04. The van der Waals surface area contributed by atoms with Gasteiger partial charge < -0.3 is 15.4 Å². The maximum Gasteiger partial charge on any atom is 0.265 e. The normalized spacial score (nSPS) is 12.8. The van der Waals surface area contributed by atoms with Crippen LogP contribution in [-0.4, -0.2) is 49.7 Å². The first-order valence-corrected chi connectivity index (χ1v) is 8.54. The number of anilines is 1. The summed E-state index contributed by atoms with van der Waals surface area (Å²) < 4.78 is 5.38. The summed E-state index contributed by atoms with van der Waals surface area (Å²) in [7, 11) is 0. The van der Waals surface area contributed by atoms with Gasteiger partial charge >= 0.3 is 0 Å². The minimum Gasteiger partial charge on any atom is -0.482 e. The third kappa shape index (κ3) is 5.05. The average Bonchev–Trinajstić information content (AvgIpc) is 2.62. The van der Waals surface area contributed by atoms with Crippen LogP contribution < -0.4 is 20.3 Å². The van der Waals surface area contributed by atoms with Crippen molar-refractivity contribution in [3.63, 3.8) is 0 Å². The average molecular weight is 361 g/mol. The van der Waals surface area contributed by atoms with Crippen molar-refractivity contribution >= 4 is 29.2 Å². The Morgan fingerprint density at radius 1 is 1.19 bits per heavy atom. The molecule has 0 saturated heterocycles. The summed E-state index contributed by atoms with van der Waals surface area (Å²) in [6.45, 7) is 3.74. The van der Waals surface area contributed by atoms with Crippen molar-refractivity contribution in [1.29, 1.82) is 0 Å². The maximum atomic E-state index is 12.2. The van der Waals surface area contributed by atoms with E-state index in [1.165, 1.54) is 11.8 Å². The Balaban J connectivity index is 2.00. The van der Waals surface area contributed by atoms with E-state index in [1.54, 1.807) is 25.1 Å². The van der Waals surface area contributed by atoms with Crippen molar-refractivity contribution in [2.45, 2.75) is 26.7 Å². The van der Waals surface area contributed by atoms with Crippen molar-refractivity contribution in [2.75, 3.05) is 31.1 Å². The van der Waals surface area contributed by atoms with Gasteiger partial charge in [0.15, 0.2) is 12.4 Å². The summed E-state index contributed by atoms with van der Waals surface area (Å²) in [6, 6.07) is 4.88. The third-order valence-corrected chi connectivity index (χ3v) is 3.90. The van der Waals surface area contributed by atoms with Crippen LogP contribution in [0.25, 0.3) is 0 Å². The lowest BCUT2D eigenvalue weighted by Crippen LogP contribution is -2.45. The van der Waals surface area contributed by atoms with Crippen LogP contribution in [0.1, 0.15) is 37.0 Å². The molecule has 2 N–H and O–H groups in total. The van der Waals surface area contributed by atoms with E-state index in [9.17, 15) is 19.2 Å². The van der Waals surface area contributed by atoms with Gasteiger partial charge in [-0.1, -0.05) is 6.92 Å². The third-order valence-electron chi connectivity index (χ3n) is 3.90. The van der Waals surface area contributed by atoms with Gasteiger partial charge in [-0.15, -0.1) is 0 Å². The van der Waals surface area contributed by atoms with E-state index in [1.807, 2.05) is 0 Å². The highest BCUT2D eigenvalue weighted by atomic mass is 16.5. The number of benzene rings is 1. The first kappa shape index (κ1) is 19.4. The van der Waals surface area contributed by atoms with Crippen molar-refractivity contribution in [2.24, 2.45) is 0 Å². The number of Topliss-reactive ketones (excluding diaryl/α,β-unsaturated/α-hetero) is 1. The number of ketones is 1. The van der Waals surface area contributed by atoms with E-state index in [0.717, 1.165) is 0 Å². The number of hydrogen-bond acceptors (Lipinski definition) is 5. The summed E-state index contributed by atoms with van der Waals surface area (Å²) in [6.07, 6.45) is 0.941. The van der Waals surface area contributed by atoms with E-state index in [2.05, 4.69) is 10.6 Å². The fourth-order valence-corrected chi connectivity index (χ4v) is 2.53. The number of amides is 3. The molecule has 0 radical (unpaired) electrons. The zero-order valence-electron chi connectivity index (χ0n) is 15.0. The summed E-state index contributed by atoms with van der Waals surface area (Å²) >= 11 is 0. The van der Waals surface area contributed by atoms with Crippen LogP contribution in [-0.2, 0) is 14.4 Å². The second-order valence-electron chi connectivity index (χ2n) is 5.91. The quantitative estimate of drug-likeness (QED) is 0.522. The Hall–Kier alpha value is -2.90. The molecule has 2 rings (SSSR count). The van der Waals surface area contributed by atoms with Gasteiger partial charge in [-0.3, -0.25) is 24.1 Å². The maximum absolute atomic E-state index is 12.2. The molecule has 1 aromatic rings. The van der Waals surface area contributed by atoms with Crippen LogP contribution in [0.3, 0.4) is 0 Å². The smallest absolute Gasteiger partial charge is 0.265 e. The highest BCUT2D eigenvalue weighted by Crippen LogP contribution is 2.33. The molecule has 140 valence electrons. The van der Waals surface area contributed by atoms with Crippen molar-refractivity contribution < 1.29 is 23.9 Å². The van der Waals surface area contributed by atoms with Gasteiger partial charge in [0.1, 0.15) is 12.3 Å². The van der Waals surface area contributed by atoms with Gasteiger partial charge in [0.2, 0.25) is 11.8 Å². The fraction of sp³-hybridized carbons (Fsp3) is 0.444. The Labute approximate surface area is 151 Å². The van der Waals surface area contributed by atoms with Gasteiger partial charge in [-0.25, -0.2) is 0 Å². The molecule has 0 unspecified atom stereocenters. The predicted molar refractivity (Wildman–Crippen MR) is 95.2 cm³/mol. The Bertz CT molecular complexity index is 717. The number of hydrogen-bond donors (Lipinski definition) is 2. The van der Waals surface area contributed by atoms with E-state index in [4.69, 9.17) is 4.74 Å². The molecule has 1 heterocycles. The van der Waals surface area contributed by atoms with E-state index >= 15 is 0 Å². The number of nitrogens with one attached hydrogen (secondary N) is 2.